The molecule has 0 bridgehead atoms. The van der Waals surface area contributed by atoms with Crippen molar-refractivity contribution in [2.24, 2.45) is 0 Å². The first kappa shape index (κ1) is 23.7. The highest BCUT2D eigenvalue weighted by molar-refractivity contribution is 7.66. The minimum Gasteiger partial charge on any atom is -0.386 e. The topological polar surface area (TPSA) is 244 Å². The second-order valence-electron chi connectivity index (χ2n) is 5.81. The Bertz CT molecular complexity index is 1270. The maximum atomic E-state index is 15.6. The van der Waals surface area contributed by atoms with Crippen LogP contribution in [-0.4, -0.2) is 58.7 Å². The summed E-state index contributed by atoms with van der Waals surface area (Å²) in [7, 11) is -17.8. The van der Waals surface area contributed by atoms with E-state index in [1.807, 2.05) is 5.92 Å². The molecule has 0 saturated carbocycles. The molecule has 1 aliphatic heterocycles. The van der Waals surface area contributed by atoms with Crippen molar-refractivity contribution < 1.29 is 63.4 Å². The predicted molar refractivity (Wildman–Crippen MR) is 98.3 cm³/mol. The van der Waals surface area contributed by atoms with Gasteiger partial charge in [0.05, 0.1) is 9.30 Å². The molecule has 0 radical (unpaired) electrons. The summed E-state index contributed by atoms with van der Waals surface area (Å²) in [5.41, 5.74) is -5.43. The molecule has 0 spiro atoms. The number of aromatic nitrogens is 2. The highest BCUT2D eigenvalue weighted by Gasteiger charge is 2.58. The monoisotopic (exact) mass is 526 g/mol. The number of nitrogens with zero attached hydrogens (tertiary/aromatic N) is 1. The molecule has 6 N–H and O–H groups in total. The van der Waals surface area contributed by atoms with Crippen LogP contribution in [0.1, 0.15) is 15.9 Å². The smallest absolute Gasteiger partial charge is 0.386 e. The summed E-state index contributed by atoms with van der Waals surface area (Å²) < 4.78 is 81.5. The van der Waals surface area contributed by atoms with E-state index < -0.39 is 65.4 Å². The average molecular weight is 526 g/mol. The molecule has 0 aliphatic carbocycles. The fourth-order valence-electron chi connectivity index (χ4n) is 2.39. The number of aliphatic hydroxyl groups is 1. The Balaban J connectivity index is 2.41. The van der Waals surface area contributed by atoms with Crippen LogP contribution in [0.4, 0.5) is 4.39 Å². The maximum absolute atomic E-state index is 15.6. The largest absolute Gasteiger partial charge is 0.490 e. The van der Waals surface area contributed by atoms with E-state index in [4.69, 9.17) is 22.2 Å². The third-order valence-electron chi connectivity index (χ3n) is 3.47. The van der Waals surface area contributed by atoms with E-state index in [1.54, 1.807) is 4.98 Å². The van der Waals surface area contributed by atoms with Crippen LogP contribution in [0.15, 0.2) is 21.9 Å². The van der Waals surface area contributed by atoms with Crippen LogP contribution < -0.4 is 11.2 Å². The van der Waals surface area contributed by atoms with Crippen LogP contribution in [0.3, 0.4) is 0 Å². The maximum Gasteiger partial charge on any atom is 0.490 e. The van der Waals surface area contributed by atoms with Gasteiger partial charge in [-0.2, -0.15) is 8.62 Å². The van der Waals surface area contributed by atoms with Gasteiger partial charge in [-0.25, -0.2) is 22.9 Å². The number of H-pyrrole nitrogens is 1. The zero-order chi connectivity index (χ0) is 26.3. The van der Waals surface area contributed by atoms with Gasteiger partial charge in [-0.3, -0.25) is 18.9 Å². The Hall–Kier alpha value is -1.50. The number of phosphoric acid groups is 3. The van der Waals surface area contributed by atoms with Gasteiger partial charge in [-0.05, 0) is 6.92 Å². The molecule has 1 aromatic heterocycles. The number of halogens is 1. The molecule has 180 valence electrons. The van der Waals surface area contributed by atoms with Gasteiger partial charge in [0.25, 0.3) is 5.56 Å². The SMILES string of the molecule is [2H]C([2H])(OP(=O)(O)OP(=O)(O)OP(=O)(O)O)[C@H]1O[C@@H](n2ccc(=O)[nH]c2=O)C(F)(C#CC)[C@H]1O. The lowest BCUT2D eigenvalue weighted by Crippen LogP contribution is -2.45. The highest BCUT2D eigenvalue weighted by Crippen LogP contribution is 2.66. The van der Waals surface area contributed by atoms with Gasteiger partial charge in [-0.1, -0.05) is 5.92 Å². The van der Waals surface area contributed by atoms with E-state index in [1.165, 1.54) is 0 Å². The first-order valence-electron chi connectivity index (χ1n) is 8.85. The molecule has 1 aliphatic rings. The predicted octanol–water partition coefficient (Wildman–Crippen LogP) is -1.13. The van der Waals surface area contributed by atoms with Crippen molar-refractivity contribution in [3.63, 3.8) is 0 Å². The summed E-state index contributed by atoms with van der Waals surface area (Å²) in [6.07, 6.45) is -6.74. The molecular weight excluding hydrogens is 508 g/mol. The third-order valence-corrected chi connectivity index (χ3v) is 7.14. The number of hydrogen-bond donors (Lipinski definition) is 6. The van der Waals surface area contributed by atoms with Crippen molar-refractivity contribution in [1.82, 2.24) is 9.55 Å². The lowest BCUT2D eigenvalue weighted by atomic mass is 9.96. The van der Waals surface area contributed by atoms with Crippen molar-refractivity contribution in [2.75, 3.05) is 6.56 Å². The average Bonchev–Trinajstić information content (AvgIpc) is 2.83. The Labute approximate surface area is 179 Å². The first-order valence-corrected chi connectivity index (χ1v) is 12.4. The van der Waals surface area contributed by atoms with E-state index in [2.05, 4.69) is 19.1 Å². The van der Waals surface area contributed by atoms with E-state index >= 15 is 4.39 Å². The normalized spacial score (nSPS) is 30.9. The molecule has 3 unspecified atom stereocenters. The quantitative estimate of drug-likeness (QED) is 0.173. The molecular formula is C12H16FN2O14P3. The minimum absolute atomic E-state index is 0.385. The van der Waals surface area contributed by atoms with Crippen molar-refractivity contribution in [3.05, 3.63) is 33.1 Å². The standard InChI is InChI=1S/C12H16FN2O14P3/c1-2-4-12(13)9(17)7(27-10(12)15-5-3-8(16)14-11(15)18)6-26-31(22,23)29-32(24,25)28-30(19,20)21/h3,5,7,9-10,17H,6H2,1H3,(H,22,23)(H,24,25)(H,14,16,18)(H2,19,20,21)/t7-,9+,10-,12?/m1/s1/i6D2. The van der Waals surface area contributed by atoms with Crippen LogP contribution in [0, 0.1) is 11.8 Å². The number of ether oxygens (including phenoxy) is 1. The molecule has 1 saturated heterocycles. The summed E-state index contributed by atoms with van der Waals surface area (Å²) in [5.74, 6) is 3.95. The van der Waals surface area contributed by atoms with Crippen molar-refractivity contribution in [3.8, 4) is 11.8 Å². The van der Waals surface area contributed by atoms with Gasteiger partial charge >= 0.3 is 29.2 Å². The van der Waals surface area contributed by atoms with Crippen LogP contribution in [0.5, 0.6) is 0 Å². The summed E-state index contributed by atoms with van der Waals surface area (Å²) in [6.45, 7) is -2.64. The van der Waals surface area contributed by atoms with Crippen molar-refractivity contribution in [2.45, 2.75) is 31.0 Å². The second-order valence-corrected chi connectivity index (χ2v) is 10.2. The van der Waals surface area contributed by atoms with Crippen LogP contribution in [0.2, 0.25) is 0 Å². The molecule has 16 nitrogen and oxygen atoms in total. The van der Waals surface area contributed by atoms with E-state index in [-0.39, 0.29) is 0 Å². The van der Waals surface area contributed by atoms with Gasteiger partial charge < -0.3 is 29.4 Å². The van der Waals surface area contributed by atoms with Gasteiger partial charge in [-0.15, -0.1) is 5.92 Å². The molecule has 0 aromatic carbocycles. The number of hydrogen-bond acceptors (Lipinski definition) is 10. The van der Waals surface area contributed by atoms with Crippen molar-refractivity contribution >= 4 is 23.5 Å². The van der Waals surface area contributed by atoms with Crippen LogP contribution >= 0.6 is 23.5 Å². The van der Waals surface area contributed by atoms with Crippen LogP contribution in [0.25, 0.3) is 0 Å². The Morgan fingerprint density at radius 3 is 2.44 bits per heavy atom. The van der Waals surface area contributed by atoms with E-state index in [0.29, 0.717) is 4.57 Å². The fraction of sp³-hybridized carbons (Fsp3) is 0.500. The zero-order valence-corrected chi connectivity index (χ0v) is 18.1. The van der Waals surface area contributed by atoms with Gasteiger partial charge in [0.2, 0.25) is 5.67 Å². The van der Waals surface area contributed by atoms with Gasteiger partial charge in [0.15, 0.2) is 6.23 Å². The zero-order valence-electron chi connectivity index (χ0n) is 17.5. The number of rotatable bonds is 8. The minimum atomic E-state index is -6.09. The molecule has 1 fully saturated rings. The third kappa shape index (κ3) is 6.52. The molecule has 20 heteroatoms. The molecule has 32 heavy (non-hydrogen) atoms. The molecule has 1 aromatic rings. The highest BCUT2D eigenvalue weighted by atomic mass is 31.3. The van der Waals surface area contributed by atoms with Gasteiger partial charge in [0, 0.05) is 12.3 Å². The number of aromatic amines is 1. The fourth-order valence-corrected chi connectivity index (χ4v) is 5.27. The van der Waals surface area contributed by atoms with Gasteiger partial charge in [0.1, 0.15) is 12.2 Å². The Morgan fingerprint density at radius 2 is 1.91 bits per heavy atom. The second kappa shape index (κ2) is 9.40. The Kier molecular flexibility index (Phi) is 6.94. The van der Waals surface area contributed by atoms with Crippen LogP contribution in [-0.2, 0) is 31.6 Å². The van der Waals surface area contributed by atoms with E-state index in [0.717, 1.165) is 19.2 Å². The number of nitrogens with one attached hydrogen (secondary N) is 1. The van der Waals surface area contributed by atoms with Crippen molar-refractivity contribution in [1.29, 1.82) is 0 Å². The first-order chi connectivity index (χ1) is 15.2. The van der Waals surface area contributed by atoms with E-state index in [9.17, 15) is 33.3 Å². The number of alkyl halides is 1. The molecule has 2 rings (SSSR count). The molecule has 2 heterocycles. The summed E-state index contributed by atoms with van der Waals surface area (Å²) in [5, 5.41) is 10.4. The number of aliphatic hydroxyl groups excluding tert-OH is 1. The summed E-state index contributed by atoms with van der Waals surface area (Å²) in [6, 6.07) is 0.755. The Morgan fingerprint density at radius 1 is 1.28 bits per heavy atom. The number of phosphoric ester groups is 1. The summed E-state index contributed by atoms with van der Waals surface area (Å²) >= 11 is 0. The lowest BCUT2D eigenvalue weighted by Gasteiger charge is -2.23. The summed E-state index contributed by atoms with van der Waals surface area (Å²) in [4.78, 5) is 60.8. The molecule has 6 atom stereocenters. The molecule has 0 amide bonds. The lowest BCUT2D eigenvalue weighted by molar-refractivity contribution is -0.0535.